The first-order chi connectivity index (χ1) is 5.49. The van der Waals surface area contributed by atoms with Gasteiger partial charge in [0.25, 0.3) is 0 Å². The van der Waals surface area contributed by atoms with Gasteiger partial charge in [0.15, 0.2) is 0 Å². The van der Waals surface area contributed by atoms with E-state index in [1.54, 1.807) is 6.92 Å². The smallest absolute Gasteiger partial charge is 0.102 e. The standard InChI is InChI=1S/C9H21N3/c1-5-8(6(2)3)9(11)12-7(4)10/h6,8-9H,5,11H2,1-4H3,(H2,10,12). The normalized spacial score (nSPS) is 18.0. The summed E-state index contributed by atoms with van der Waals surface area (Å²) >= 11 is 0. The Balaban J connectivity index is 4.22. The van der Waals surface area contributed by atoms with E-state index in [0.717, 1.165) is 6.42 Å². The molecule has 0 aromatic heterocycles. The summed E-state index contributed by atoms with van der Waals surface area (Å²) < 4.78 is 0. The molecule has 0 heterocycles. The fourth-order valence-electron chi connectivity index (χ4n) is 1.44. The Hall–Kier alpha value is -0.570. The quantitative estimate of drug-likeness (QED) is 0.495. The third-order valence-corrected chi connectivity index (χ3v) is 2.12. The molecule has 0 fully saturated rings. The summed E-state index contributed by atoms with van der Waals surface area (Å²) in [5.41, 5.74) is 11.3. The van der Waals surface area contributed by atoms with Gasteiger partial charge in [-0.25, -0.2) is 0 Å². The molecule has 0 spiro atoms. The molecule has 0 amide bonds. The van der Waals surface area contributed by atoms with Gasteiger partial charge >= 0.3 is 0 Å². The van der Waals surface area contributed by atoms with E-state index in [1.165, 1.54) is 0 Å². The summed E-state index contributed by atoms with van der Waals surface area (Å²) in [4.78, 5) is 4.14. The lowest BCUT2D eigenvalue weighted by molar-refractivity contribution is 0.314. The zero-order valence-electron chi connectivity index (χ0n) is 8.54. The van der Waals surface area contributed by atoms with Crippen molar-refractivity contribution in [2.45, 2.75) is 40.3 Å². The topological polar surface area (TPSA) is 64.4 Å². The van der Waals surface area contributed by atoms with Gasteiger partial charge < -0.3 is 11.5 Å². The molecule has 0 bridgehead atoms. The molecule has 0 radical (unpaired) electrons. The Kier molecular flexibility index (Phi) is 4.90. The van der Waals surface area contributed by atoms with E-state index < -0.39 is 0 Å². The van der Waals surface area contributed by atoms with Crippen molar-refractivity contribution in [3.05, 3.63) is 0 Å². The van der Waals surface area contributed by atoms with E-state index in [4.69, 9.17) is 11.5 Å². The summed E-state index contributed by atoms with van der Waals surface area (Å²) in [5.74, 6) is 1.57. The highest BCUT2D eigenvalue weighted by Gasteiger charge is 2.18. The van der Waals surface area contributed by atoms with E-state index in [2.05, 4.69) is 25.8 Å². The van der Waals surface area contributed by atoms with Gasteiger partial charge in [-0.1, -0.05) is 20.8 Å². The molecule has 0 aliphatic rings. The minimum absolute atomic E-state index is 0.139. The third kappa shape index (κ3) is 3.72. The van der Waals surface area contributed by atoms with E-state index in [-0.39, 0.29) is 6.17 Å². The number of nitrogens with two attached hydrogens (primary N) is 2. The second kappa shape index (κ2) is 5.14. The van der Waals surface area contributed by atoms with Gasteiger partial charge in [0, 0.05) is 0 Å². The van der Waals surface area contributed by atoms with Gasteiger partial charge in [-0.2, -0.15) is 0 Å². The Morgan fingerprint density at radius 2 is 1.92 bits per heavy atom. The van der Waals surface area contributed by atoms with Crippen LogP contribution in [0.5, 0.6) is 0 Å². The monoisotopic (exact) mass is 171 g/mol. The molecule has 0 aromatic carbocycles. The van der Waals surface area contributed by atoms with Crippen LogP contribution in [0.15, 0.2) is 4.99 Å². The minimum Gasteiger partial charge on any atom is -0.388 e. The summed E-state index contributed by atoms with van der Waals surface area (Å²) in [6.07, 6.45) is 0.912. The first kappa shape index (κ1) is 11.4. The maximum atomic E-state index is 5.86. The molecule has 4 N–H and O–H groups in total. The highest BCUT2D eigenvalue weighted by Crippen LogP contribution is 2.18. The largest absolute Gasteiger partial charge is 0.388 e. The van der Waals surface area contributed by atoms with Crippen molar-refractivity contribution in [2.75, 3.05) is 0 Å². The van der Waals surface area contributed by atoms with Gasteiger partial charge in [0.05, 0.1) is 5.84 Å². The fraction of sp³-hybridized carbons (Fsp3) is 0.889. The van der Waals surface area contributed by atoms with Crippen molar-refractivity contribution in [3.63, 3.8) is 0 Å². The van der Waals surface area contributed by atoms with Crippen molar-refractivity contribution in [2.24, 2.45) is 28.3 Å². The van der Waals surface area contributed by atoms with Crippen LogP contribution >= 0.6 is 0 Å². The predicted molar refractivity (Wildman–Crippen MR) is 53.9 cm³/mol. The summed E-state index contributed by atoms with van der Waals surface area (Å²) in [5, 5.41) is 0. The van der Waals surface area contributed by atoms with E-state index in [9.17, 15) is 0 Å². The molecule has 0 saturated heterocycles. The number of amidine groups is 1. The zero-order valence-corrected chi connectivity index (χ0v) is 8.54. The molecule has 0 aliphatic carbocycles. The zero-order chi connectivity index (χ0) is 9.72. The molecular weight excluding hydrogens is 150 g/mol. The Morgan fingerprint density at radius 1 is 1.42 bits per heavy atom. The van der Waals surface area contributed by atoms with Crippen LogP contribution in [0.25, 0.3) is 0 Å². The minimum atomic E-state index is -0.139. The van der Waals surface area contributed by atoms with Crippen molar-refractivity contribution in [3.8, 4) is 0 Å². The van der Waals surface area contributed by atoms with Gasteiger partial charge in [0.1, 0.15) is 6.17 Å². The molecule has 2 unspecified atom stereocenters. The van der Waals surface area contributed by atoms with Crippen molar-refractivity contribution >= 4 is 5.84 Å². The van der Waals surface area contributed by atoms with Gasteiger partial charge in [0.2, 0.25) is 0 Å². The van der Waals surface area contributed by atoms with Crippen LogP contribution in [0.2, 0.25) is 0 Å². The average molecular weight is 171 g/mol. The number of nitrogens with zero attached hydrogens (tertiary/aromatic N) is 1. The third-order valence-electron chi connectivity index (χ3n) is 2.12. The highest BCUT2D eigenvalue weighted by atomic mass is 15.0. The molecule has 12 heavy (non-hydrogen) atoms. The molecule has 0 aromatic rings. The predicted octanol–water partition coefficient (Wildman–Crippen LogP) is 1.33. The van der Waals surface area contributed by atoms with Crippen molar-refractivity contribution in [1.29, 1.82) is 0 Å². The van der Waals surface area contributed by atoms with Crippen LogP contribution in [0, 0.1) is 11.8 Å². The van der Waals surface area contributed by atoms with E-state index in [0.29, 0.717) is 17.7 Å². The number of aliphatic imine (C=N–C) groups is 1. The average Bonchev–Trinajstić information content (AvgIpc) is 1.85. The number of rotatable bonds is 4. The Labute approximate surface area is 75.2 Å². The van der Waals surface area contributed by atoms with Crippen LogP contribution in [0.3, 0.4) is 0 Å². The molecule has 0 aliphatic heterocycles. The Bertz CT molecular complexity index is 148. The molecule has 2 atom stereocenters. The molecule has 3 heteroatoms. The van der Waals surface area contributed by atoms with Gasteiger partial charge in [-0.15, -0.1) is 0 Å². The SMILES string of the molecule is CCC(C(C)C)C(N)N=C(C)N. The highest BCUT2D eigenvalue weighted by molar-refractivity contribution is 5.77. The number of hydrogen-bond donors (Lipinski definition) is 2. The molecule has 0 saturated carbocycles. The van der Waals surface area contributed by atoms with Crippen molar-refractivity contribution in [1.82, 2.24) is 0 Å². The molecule has 0 rings (SSSR count). The Morgan fingerprint density at radius 3 is 2.17 bits per heavy atom. The van der Waals surface area contributed by atoms with Gasteiger partial charge in [-0.05, 0) is 25.2 Å². The second-order valence-electron chi connectivity index (χ2n) is 3.58. The van der Waals surface area contributed by atoms with Crippen LogP contribution in [0.4, 0.5) is 0 Å². The van der Waals surface area contributed by atoms with E-state index >= 15 is 0 Å². The molecular formula is C9H21N3. The van der Waals surface area contributed by atoms with Crippen molar-refractivity contribution < 1.29 is 0 Å². The maximum Gasteiger partial charge on any atom is 0.102 e. The van der Waals surface area contributed by atoms with E-state index in [1.807, 2.05) is 0 Å². The summed E-state index contributed by atoms with van der Waals surface area (Å²) in [7, 11) is 0. The second-order valence-corrected chi connectivity index (χ2v) is 3.58. The van der Waals surface area contributed by atoms with Crippen LogP contribution in [0.1, 0.15) is 34.1 Å². The molecule has 3 nitrogen and oxygen atoms in total. The van der Waals surface area contributed by atoms with Crippen LogP contribution < -0.4 is 11.5 Å². The lowest BCUT2D eigenvalue weighted by Crippen LogP contribution is -2.33. The molecule has 72 valence electrons. The maximum absolute atomic E-state index is 5.86. The first-order valence-corrected chi connectivity index (χ1v) is 4.54. The van der Waals surface area contributed by atoms with Crippen LogP contribution in [-0.2, 0) is 0 Å². The number of hydrogen-bond acceptors (Lipinski definition) is 2. The summed E-state index contributed by atoms with van der Waals surface area (Å²) in [6.45, 7) is 8.23. The van der Waals surface area contributed by atoms with Gasteiger partial charge in [-0.3, -0.25) is 4.99 Å². The summed E-state index contributed by atoms with van der Waals surface area (Å²) in [6, 6.07) is 0. The lowest BCUT2D eigenvalue weighted by Gasteiger charge is -2.23. The van der Waals surface area contributed by atoms with Crippen LogP contribution in [-0.4, -0.2) is 12.0 Å². The first-order valence-electron chi connectivity index (χ1n) is 4.54. The fourth-order valence-corrected chi connectivity index (χ4v) is 1.44. The lowest BCUT2D eigenvalue weighted by atomic mass is 9.91.